The number of carbonyl (C=O) groups excluding carboxylic acids is 1. The van der Waals surface area contributed by atoms with Gasteiger partial charge in [0.05, 0.1) is 13.2 Å². The number of hydrogen-bond donors (Lipinski definition) is 0. The van der Waals surface area contributed by atoms with E-state index in [0.29, 0.717) is 19.0 Å². The molecule has 1 amide bonds. The van der Waals surface area contributed by atoms with Crippen LogP contribution in [0.5, 0.6) is 5.75 Å². The number of aryl methyl sites for hydroxylation is 1. The second kappa shape index (κ2) is 8.71. The van der Waals surface area contributed by atoms with Gasteiger partial charge in [-0.05, 0) is 67.9 Å². The summed E-state index contributed by atoms with van der Waals surface area (Å²) in [6.45, 7) is 1.37. The molecule has 1 aromatic heterocycles. The molecule has 2 fully saturated rings. The summed E-state index contributed by atoms with van der Waals surface area (Å²) < 4.78 is 7.25. The number of tetrazole rings is 1. The Labute approximate surface area is 178 Å². The summed E-state index contributed by atoms with van der Waals surface area (Å²) in [7, 11) is 5.80. The molecule has 1 aromatic carbocycles. The first-order chi connectivity index (χ1) is 14.5. The maximum atomic E-state index is 13.0. The molecule has 2 aromatic rings. The van der Waals surface area contributed by atoms with Crippen molar-refractivity contribution < 1.29 is 9.53 Å². The van der Waals surface area contributed by atoms with Crippen LogP contribution in [0.1, 0.15) is 56.0 Å². The number of likely N-dealkylation sites (N-methyl/N-ethyl adjacent to an activating group) is 1. The molecule has 8 heteroatoms. The van der Waals surface area contributed by atoms with Crippen molar-refractivity contribution in [2.75, 3.05) is 34.3 Å². The number of amides is 1. The largest absolute Gasteiger partial charge is 0.497 e. The third-order valence-electron chi connectivity index (χ3n) is 6.82. The van der Waals surface area contributed by atoms with E-state index in [1.165, 1.54) is 12.8 Å². The van der Waals surface area contributed by atoms with E-state index in [-0.39, 0.29) is 11.4 Å². The van der Waals surface area contributed by atoms with Crippen LogP contribution in [0.3, 0.4) is 0 Å². The molecule has 8 nitrogen and oxygen atoms in total. The van der Waals surface area contributed by atoms with E-state index in [1.807, 2.05) is 33.8 Å². The van der Waals surface area contributed by atoms with Gasteiger partial charge in [-0.2, -0.15) is 0 Å². The van der Waals surface area contributed by atoms with Gasteiger partial charge in [-0.3, -0.25) is 9.69 Å². The molecule has 1 unspecified atom stereocenters. The van der Waals surface area contributed by atoms with Crippen molar-refractivity contribution in [3.05, 3.63) is 35.7 Å². The molecule has 0 N–H and O–H groups in total. The third kappa shape index (κ3) is 3.93. The molecule has 2 heterocycles. The molecule has 1 aliphatic heterocycles. The van der Waals surface area contributed by atoms with Crippen LogP contribution in [-0.2, 0) is 16.8 Å². The van der Waals surface area contributed by atoms with Gasteiger partial charge in [0.15, 0.2) is 5.82 Å². The monoisotopic (exact) mass is 412 g/mol. The molecule has 30 heavy (non-hydrogen) atoms. The predicted octanol–water partition coefficient (Wildman–Crippen LogP) is 2.42. The van der Waals surface area contributed by atoms with Crippen molar-refractivity contribution in [2.24, 2.45) is 0 Å². The van der Waals surface area contributed by atoms with Crippen LogP contribution < -0.4 is 4.74 Å². The Balaban J connectivity index is 1.45. The molecule has 4 rings (SSSR count). The molecule has 0 spiro atoms. The Morgan fingerprint density at radius 1 is 1.23 bits per heavy atom. The number of aromatic nitrogens is 4. The number of benzene rings is 1. The molecule has 1 aliphatic carbocycles. The number of carbonyl (C=O) groups is 1. The van der Waals surface area contributed by atoms with Gasteiger partial charge in [-0.15, -0.1) is 5.10 Å². The Morgan fingerprint density at radius 2 is 1.97 bits per heavy atom. The van der Waals surface area contributed by atoms with Crippen molar-refractivity contribution in [1.29, 1.82) is 0 Å². The van der Waals surface area contributed by atoms with Crippen molar-refractivity contribution in [1.82, 2.24) is 30.0 Å². The Hall–Kier alpha value is -2.48. The van der Waals surface area contributed by atoms with Crippen molar-refractivity contribution >= 4 is 5.91 Å². The molecular weight excluding hydrogens is 380 g/mol. The first-order valence-corrected chi connectivity index (χ1v) is 10.9. The topological polar surface area (TPSA) is 76.4 Å². The number of ether oxygens (including phenoxy) is 1. The van der Waals surface area contributed by atoms with E-state index in [0.717, 1.165) is 49.4 Å². The second-order valence-electron chi connectivity index (χ2n) is 8.72. The Morgan fingerprint density at radius 3 is 2.63 bits per heavy atom. The summed E-state index contributed by atoms with van der Waals surface area (Å²) in [5.74, 6) is 1.93. The summed E-state index contributed by atoms with van der Waals surface area (Å²) in [6, 6.07) is 8.31. The smallest absolute Gasteiger partial charge is 0.222 e. The number of likely N-dealkylation sites (tertiary alicyclic amines) is 1. The highest BCUT2D eigenvalue weighted by Crippen LogP contribution is 2.38. The lowest BCUT2D eigenvalue weighted by molar-refractivity contribution is -0.130. The lowest BCUT2D eigenvalue weighted by Crippen LogP contribution is -2.47. The summed E-state index contributed by atoms with van der Waals surface area (Å²) in [6.07, 6.45) is 6.81. The highest BCUT2D eigenvalue weighted by molar-refractivity contribution is 5.77. The second-order valence-corrected chi connectivity index (χ2v) is 8.72. The summed E-state index contributed by atoms with van der Waals surface area (Å²) >= 11 is 0. The van der Waals surface area contributed by atoms with Crippen LogP contribution in [0, 0.1) is 0 Å². The van der Waals surface area contributed by atoms with Crippen molar-refractivity contribution in [3.63, 3.8) is 0 Å². The Bertz CT molecular complexity index is 859. The van der Waals surface area contributed by atoms with E-state index in [4.69, 9.17) is 4.74 Å². The highest BCUT2D eigenvalue weighted by Gasteiger charge is 2.47. The van der Waals surface area contributed by atoms with Crippen LogP contribution >= 0.6 is 0 Å². The van der Waals surface area contributed by atoms with Gasteiger partial charge in [-0.25, -0.2) is 4.68 Å². The van der Waals surface area contributed by atoms with Gasteiger partial charge < -0.3 is 9.64 Å². The lowest BCUT2D eigenvalue weighted by atomic mass is 9.95. The number of rotatable bonds is 7. The number of hydrogen-bond acceptors (Lipinski definition) is 6. The molecule has 1 atom stereocenters. The van der Waals surface area contributed by atoms with Gasteiger partial charge in [0, 0.05) is 19.5 Å². The van der Waals surface area contributed by atoms with E-state index in [1.54, 1.807) is 7.11 Å². The van der Waals surface area contributed by atoms with Crippen LogP contribution in [-0.4, -0.2) is 70.2 Å². The van der Waals surface area contributed by atoms with Crippen LogP contribution in [0.25, 0.3) is 0 Å². The fourth-order valence-electron chi connectivity index (χ4n) is 4.85. The normalized spacial score (nSPS) is 22.2. The van der Waals surface area contributed by atoms with Gasteiger partial charge in [-0.1, -0.05) is 25.0 Å². The average molecular weight is 413 g/mol. The zero-order chi connectivity index (χ0) is 21.1. The molecule has 0 bridgehead atoms. The summed E-state index contributed by atoms with van der Waals surface area (Å²) in [5.41, 5.74) is 0.814. The number of nitrogens with zero attached hydrogens (tertiary/aromatic N) is 6. The highest BCUT2D eigenvalue weighted by atomic mass is 16.5. The quantitative estimate of drug-likeness (QED) is 0.695. The van der Waals surface area contributed by atoms with Crippen LogP contribution in [0.4, 0.5) is 0 Å². The fraction of sp³-hybridized carbons (Fsp3) is 0.636. The maximum Gasteiger partial charge on any atom is 0.222 e. The van der Waals surface area contributed by atoms with E-state index in [2.05, 4.69) is 34.5 Å². The molecule has 1 saturated carbocycles. The minimum Gasteiger partial charge on any atom is -0.497 e. The van der Waals surface area contributed by atoms with Crippen LogP contribution in [0.15, 0.2) is 24.3 Å². The van der Waals surface area contributed by atoms with Crippen molar-refractivity contribution in [3.8, 4) is 5.75 Å². The number of methoxy groups -OCH3 is 1. The fourth-order valence-corrected chi connectivity index (χ4v) is 4.85. The summed E-state index contributed by atoms with van der Waals surface area (Å²) in [4.78, 5) is 17.2. The SMILES string of the molecule is COc1ccc(CCC(=O)N2CCC(c3nnnn3C3CCCC3)(N(C)C)C2)cc1. The van der Waals surface area contributed by atoms with Gasteiger partial charge >= 0.3 is 0 Å². The van der Waals surface area contributed by atoms with Gasteiger partial charge in [0.2, 0.25) is 5.91 Å². The lowest BCUT2D eigenvalue weighted by Gasteiger charge is -2.35. The third-order valence-corrected chi connectivity index (χ3v) is 6.82. The van der Waals surface area contributed by atoms with Crippen molar-refractivity contribution in [2.45, 2.75) is 56.5 Å². The summed E-state index contributed by atoms with van der Waals surface area (Å²) in [5, 5.41) is 12.8. The minimum absolute atomic E-state index is 0.189. The Kier molecular flexibility index (Phi) is 6.04. The first-order valence-electron chi connectivity index (χ1n) is 10.9. The molecule has 162 valence electrons. The zero-order valence-corrected chi connectivity index (χ0v) is 18.3. The zero-order valence-electron chi connectivity index (χ0n) is 18.3. The van der Waals surface area contributed by atoms with Gasteiger partial charge in [0.25, 0.3) is 0 Å². The minimum atomic E-state index is -0.331. The van der Waals surface area contributed by atoms with Gasteiger partial charge in [0.1, 0.15) is 11.3 Å². The van der Waals surface area contributed by atoms with E-state index < -0.39 is 0 Å². The van der Waals surface area contributed by atoms with E-state index >= 15 is 0 Å². The predicted molar refractivity (Wildman–Crippen MR) is 113 cm³/mol. The standard InChI is InChI=1S/C22H32N6O2/c1-26(2)22(21-23-24-25-28(21)18-6-4-5-7-18)14-15-27(16-22)20(29)13-10-17-8-11-19(30-3)12-9-17/h8-9,11-12,18H,4-7,10,13-16H2,1-3H3. The molecular formula is C22H32N6O2. The molecule has 1 saturated heterocycles. The van der Waals surface area contributed by atoms with E-state index in [9.17, 15) is 4.79 Å². The van der Waals surface area contributed by atoms with Crippen LogP contribution in [0.2, 0.25) is 0 Å². The first kappa shape index (κ1) is 20.8. The molecule has 0 radical (unpaired) electrons. The average Bonchev–Trinajstić information content (AvgIpc) is 3.52. The maximum absolute atomic E-state index is 13.0. The molecule has 2 aliphatic rings.